The number of nitrogens with two attached hydrogens (primary N) is 1. The van der Waals surface area contributed by atoms with Crippen LogP contribution in [0.3, 0.4) is 0 Å². The summed E-state index contributed by atoms with van der Waals surface area (Å²) in [6, 6.07) is 0. The second-order valence-electron chi connectivity index (χ2n) is 4.77. The molecule has 0 radical (unpaired) electrons. The van der Waals surface area contributed by atoms with Gasteiger partial charge in [-0.15, -0.1) is 6.58 Å². The molecule has 0 unspecified atom stereocenters. The van der Waals surface area contributed by atoms with Crippen molar-refractivity contribution in [1.82, 2.24) is 0 Å². The molecule has 0 saturated heterocycles. The Morgan fingerprint density at radius 1 is 1.08 bits per heavy atom. The van der Waals surface area contributed by atoms with E-state index < -0.39 is 0 Å². The number of rotatable bonds is 2. The first-order valence-corrected chi connectivity index (χ1v) is 5.08. The molecule has 68 valence electrons. The Balaban J connectivity index is 2.14. The van der Waals surface area contributed by atoms with Crippen molar-refractivity contribution in [2.24, 2.45) is 16.6 Å². The van der Waals surface area contributed by atoms with Gasteiger partial charge in [0.2, 0.25) is 0 Å². The number of fused-ring (bicyclic) bond motifs is 3. The standard InChI is InChI=1S/C11H19N/c1-2-10-3-6-11(9-12,7-4-10)8-5-10/h2H,1,3-9,12H2. The first-order valence-electron chi connectivity index (χ1n) is 5.08. The zero-order chi connectivity index (χ0) is 8.66. The van der Waals surface area contributed by atoms with Crippen molar-refractivity contribution in [2.75, 3.05) is 6.54 Å². The minimum atomic E-state index is 0.511. The van der Waals surface area contributed by atoms with Gasteiger partial charge in [0.15, 0.2) is 0 Å². The van der Waals surface area contributed by atoms with Crippen molar-refractivity contribution < 1.29 is 0 Å². The molecule has 0 heterocycles. The fourth-order valence-corrected chi connectivity index (χ4v) is 2.90. The lowest BCUT2D eigenvalue weighted by Gasteiger charge is -2.52. The van der Waals surface area contributed by atoms with E-state index in [1.54, 1.807) is 0 Å². The van der Waals surface area contributed by atoms with Crippen LogP contribution in [0.25, 0.3) is 0 Å². The molecule has 0 aromatic rings. The van der Waals surface area contributed by atoms with Gasteiger partial charge in [-0.2, -0.15) is 0 Å². The SMILES string of the molecule is C=CC12CCC(CN)(CC1)CC2. The van der Waals surface area contributed by atoms with Crippen LogP contribution in [0.5, 0.6) is 0 Å². The first-order chi connectivity index (χ1) is 5.74. The van der Waals surface area contributed by atoms with Gasteiger partial charge >= 0.3 is 0 Å². The van der Waals surface area contributed by atoms with Crippen molar-refractivity contribution >= 4 is 0 Å². The summed E-state index contributed by atoms with van der Waals surface area (Å²) in [5, 5.41) is 0. The minimum Gasteiger partial charge on any atom is -0.330 e. The molecule has 3 fully saturated rings. The molecule has 3 aliphatic rings. The highest BCUT2D eigenvalue weighted by Crippen LogP contribution is 2.56. The van der Waals surface area contributed by atoms with E-state index in [1.165, 1.54) is 38.5 Å². The van der Waals surface area contributed by atoms with E-state index in [-0.39, 0.29) is 0 Å². The molecule has 3 saturated carbocycles. The molecule has 12 heavy (non-hydrogen) atoms. The highest BCUT2D eigenvalue weighted by Gasteiger charge is 2.45. The van der Waals surface area contributed by atoms with Crippen LogP contribution in [0, 0.1) is 10.8 Å². The number of hydrogen-bond donors (Lipinski definition) is 1. The molecular formula is C11H19N. The summed E-state index contributed by atoms with van der Waals surface area (Å²) < 4.78 is 0. The van der Waals surface area contributed by atoms with E-state index in [0.717, 1.165) is 6.54 Å². The highest BCUT2D eigenvalue weighted by molar-refractivity contribution is 5.06. The van der Waals surface area contributed by atoms with Gasteiger partial charge in [0, 0.05) is 0 Å². The van der Waals surface area contributed by atoms with Gasteiger partial charge in [-0.25, -0.2) is 0 Å². The summed E-state index contributed by atoms with van der Waals surface area (Å²) in [6.45, 7) is 4.87. The van der Waals surface area contributed by atoms with Gasteiger partial charge in [-0.1, -0.05) is 6.08 Å². The third-order valence-corrected chi connectivity index (χ3v) is 4.33. The third kappa shape index (κ3) is 1.03. The maximum atomic E-state index is 5.83. The fraction of sp³-hybridized carbons (Fsp3) is 0.818. The van der Waals surface area contributed by atoms with E-state index in [2.05, 4.69) is 12.7 Å². The van der Waals surface area contributed by atoms with Crippen molar-refractivity contribution in [1.29, 1.82) is 0 Å². The zero-order valence-corrected chi connectivity index (χ0v) is 7.81. The van der Waals surface area contributed by atoms with Gasteiger partial charge < -0.3 is 5.73 Å². The molecule has 3 aliphatic carbocycles. The summed E-state index contributed by atoms with van der Waals surface area (Å²) in [7, 11) is 0. The molecule has 0 amide bonds. The Bertz CT molecular complexity index is 171. The van der Waals surface area contributed by atoms with Gasteiger partial charge in [0.1, 0.15) is 0 Å². The molecule has 2 N–H and O–H groups in total. The maximum Gasteiger partial charge on any atom is -0.00205 e. The second kappa shape index (κ2) is 2.59. The van der Waals surface area contributed by atoms with Crippen molar-refractivity contribution in [3.8, 4) is 0 Å². The summed E-state index contributed by atoms with van der Waals surface area (Å²) in [4.78, 5) is 0. The highest BCUT2D eigenvalue weighted by atomic mass is 14.6. The summed E-state index contributed by atoms with van der Waals surface area (Å²) in [5.74, 6) is 0. The van der Waals surface area contributed by atoms with Gasteiger partial charge in [0.25, 0.3) is 0 Å². The van der Waals surface area contributed by atoms with Crippen LogP contribution in [0.15, 0.2) is 12.7 Å². The summed E-state index contributed by atoms with van der Waals surface area (Å²) in [5.41, 5.74) is 6.88. The fourth-order valence-electron chi connectivity index (χ4n) is 2.90. The molecule has 1 heteroatoms. The Kier molecular flexibility index (Phi) is 1.80. The van der Waals surface area contributed by atoms with Gasteiger partial charge in [-0.05, 0) is 55.9 Å². The lowest BCUT2D eigenvalue weighted by molar-refractivity contribution is 0.0286. The van der Waals surface area contributed by atoms with E-state index in [1.807, 2.05) is 0 Å². The maximum absolute atomic E-state index is 5.83. The molecule has 0 aromatic carbocycles. The predicted molar refractivity (Wildman–Crippen MR) is 51.8 cm³/mol. The van der Waals surface area contributed by atoms with Crippen molar-refractivity contribution in [2.45, 2.75) is 38.5 Å². The molecule has 1 nitrogen and oxygen atoms in total. The molecule has 0 aromatic heterocycles. The van der Waals surface area contributed by atoms with Crippen LogP contribution in [0.2, 0.25) is 0 Å². The number of hydrogen-bond acceptors (Lipinski definition) is 1. The van der Waals surface area contributed by atoms with Gasteiger partial charge in [-0.3, -0.25) is 0 Å². The normalized spacial score (nSPS) is 46.1. The van der Waals surface area contributed by atoms with Crippen LogP contribution >= 0.6 is 0 Å². The Morgan fingerprint density at radius 2 is 1.58 bits per heavy atom. The minimum absolute atomic E-state index is 0.511. The predicted octanol–water partition coefficient (Wildman–Crippen LogP) is 2.47. The lowest BCUT2D eigenvalue weighted by atomic mass is 9.54. The molecule has 2 bridgehead atoms. The van der Waals surface area contributed by atoms with E-state index >= 15 is 0 Å². The quantitative estimate of drug-likeness (QED) is 0.625. The van der Waals surface area contributed by atoms with Crippen LogP contribution in [0.4, 0.5) is 0 Å². The van der Waals surface area contributed by atoms with Crippen LogP contribution < -0.4 is 5.73 Å². The summed E-state index contributed by atoms with van der Waals surface area (Å²) in [6.07, 6.45) is 10.3. The third-order valence-electron chi connectivity index (χ3n) is 4.33. The average molecular weight is 165 g/mol. The van der Waals surface area contributed by atoms with E-state index in [4.69, 9.17) is 5.73 Å². The molecule has 0 atom stereocenters. The van der Waals surface area contributed by atoms with Crippen molar-refractivity contribution in [3.63, 3.8) is 0 Å². The lowest BCUT2D eigenvalue weighted by Crippen LogP contribution is -2.44. The Hall–Kier alpha value is -0.300. The summed E-state index contributed by atoms with van der Waals surface area (Å²) >= 11 is 0. The Morgan fingerprint density at radius 3 is 1.92 bits per heavy atom. The second-order valence-corrected chi connectivity index (χ2v) is 4.77. The smallest absolute Gasteiger partial charge is 0.00205 e. The van der Waals surface area contributed by atoms with Crippen LogP contribution in [0.1, 0.15) is 38.5 Å². The average Bonchev–Trinajstić information content (AvgIpc) is 2.21. The zero-order valence-electron chi connectivity index (χ0n) is 7.81. The largest absolute Gasteiger partial charge is 0.330 e. The molecule has 3 rings (SSSR count). The Labute approximate surface area is 75.0 Å². The topological polar surface area (TPSA) is 26.0 Å². The monoisotopic (exact) mass is 165 g/mol. The molecule has 0 spiro atoms. The molecule has 0 aliphatic heterocycles. The van der Waals surface area contributed by atoms with Gasteiger partial charge in [0.05, 0.1) is 0 Å². The molecular weight excluding hydrogens is 146 g/mol. The van der Waals surface area contributed by atoms with Crippen LogP contribution in [-0.4, -0.2) is 6.54 Å². The van der Waals surface area contributed by atoms with Crippen LogP contribution in [-0.2, 0) is 0 Å². The van der Waals surface area contributed by atoms with Crippen molar-refractivity contribution in [3.05, 3.63) is 12.7 Å². The van der Waals surface area contributed by atoms with E-state index in [0.29, 0.717) is 10.8 Å². The first kappa shape index (κ1) is 8.31. The van der Waals surface area contributed by atoms with E-state index in [9.17, 15) is 0 Å². The number of allylic oxidation sites excluding steroid dienone is 1.